The van der Waals surface area contributed by atoms with Crippen LogP contribution in [0.3, 0.4) is 0 Å². The Labute approximate surface area is 114 Å². The van der Waals surface area contributed by atoms with Gasteiger partial charge in [-0.15, -0.1) is 0 Å². The topological polar surface area (TPSA) is 30.2 Å². The van der Waals surface area contributed by atoms with E-state index >= 15 is 0 Å². The van der Waals surface area contributed by atoms with E-state index in [9.17, 15) is 9.18 Å². The van der Waals surface area contributed by atoms with E-state index in [1.165, 1.54) is 24.3 Å². The van der Waals surface area contributed by atoms with Gasteiger partial charge in [0.15, 0.2) is 11.4 Å². The first-order valence-electron chi connectivity index (χ1n) is 5.08. The predicted octanol–water partition coefficient (Wildman–Crippen LogP) is 4.50. The van der Waals surface area contributed by atoms with Gasteiger partial charge in [-0.05, 0) is 40.2 Å². The minimum Gasteiger partial charge on any atom is -0.453 e. The maximum Gasteiger partial charge on any atom is 0.200 e. The molecule has 1 heterocycles. The average molecular weight is 328 g/mol. The first kappa shape index (κ1) is 11.7. The molecule has 18 heavy (non-hydrogen) atoms. The number of hydrogen-bond donors (Lipinski definition) is 0. The molecule has 2 nitrogen and oxygen atoms in total. The molecule has 0 unspecified atom stereocenters. The second kappa shape index (κ2) is 4.07. The Balaban J connectivity index is 2.61. The van der Waals surface area contributed by atoms with E-state index in [1.54, 1.807) is 6.07 Å². The highest BCUT2D eigenvalue weighted by Gasteiger charge is 2.12. The molecule has 3 rings (SSSR count). The van der Waals surface area contributed by atoms with E-state index < -0.39 is 5.82 Å². The van der Waals surface area contributed by atoms with Crippen molar-refractivity contribution in [3.63, 3.8) is 0 Å². The zero-order valence-corrected chi connectivity index (χ0v) is 11.2. The Morgan fingerprint density at radius 2 is 2.00 bits per heavy atom. The van der Waals surface area contributed by atoms with Gasteiger partial charge in [0.05, 0.1) is 15.8 Å². The molecule has 0 spiro atoms. The molecular weight excluding hydrogens is 322 g/mol. The molecule has 0 N–H and O–H groups in total. The first-order chi connectivity index (χ1) is 8.58. The van der Waals surface area contributed by atoms with Crippen LogP contribution in [0.25, 0.3) is 21.9 Å². The van der Waals surface area contributed by atoms with E-state index in [0.717, 1.165) is 0 Å². The lowest BCUT2D eigenvalue weighted by Gasteiger charge is -2.03. The normalized spacial score (nSPS) is 11.3. The maximum absolute atomic E-state index is 13.6. The summed E-state index contributed by atoms with van der Waals surface area (Å²) in [5.74, 6) is -0.558. The number of fused-ring (bicyclic) bond motifs is 2. The average Bonchev–Trinajstić information content (AvgIpc) is 2.34. The number of hydrogen-bond acceptors (Lipinski definition) is 2. The molecule has 0 bridgehead atoms. The molecular formula is C13H5BrClFO2. The van der Waals surface area contributed by atoms with Crippen molar-refractivity contribution in [1.82, 2.24) is 0 Å². The molecule has 0 aliphatic heterocycles. The van der Waals surface area contributed by atoms with Crippen molar-refractivity contribution >= 4 is 49.5 Å². The Morgan fingerprint density at radius 1 is 1.22 bits per heavy atom. The van der Waals surface area contributed by atoms with E-state index in [1.807, 2.05) is 0 Å². The summed E-state index contributed by atoms with van der Waals surface area (Å²) in [7, 11) is 0. The molecule has 0 fully saturated rings. The van der Waals surface area contributed by atoms with Crippen LogP contribution in [0.1, 0.15) is 0 Å². The first-order valence-corrected chi connectivity index (χ1v) is 6.25. The summed E-state index contributed by atoms with van der Waals surface area (Å²) in [6.07, 6.45) is 0. The third-order valence-electron chi connectivity index (χ3n) is 2.69. The van der Waals surface area contributed by atoms with Crippen molar-refractivity contribution in [2.45, 2.75) is 0 Å². The smallest absolute Gasteiger partial charge is 0.200 e. The van der Waals surface area contributed by atoms with Crippen molar-refractivity contribution in [3.05, 3.63) is 55.9 Å². The quantitative estimate of drug-likeness (QED) is 0.569. The summed E-state index contributed by atoms with van der Waals surface area (Å²) in [6, 6.07) is 7.32. The number of halogens is 3. The van der Waals surface area contributed by atoms with Gasteiger partial charge in [-0.1, -0.05) is 17.7 Å². The highest BCUT2D eigenvalue weighted by Crippen LogP contribution is 2.29. The zero-order chi connectivity index (χ0) is 12.9. The van der Waals surface area contributed by atoms with Crippen molar-refractivity contribution in [2.24, 2.45) is 0 Å². The van der Waals surface area contributed by atoms with Gasteiger partial charge in [-0.25, -0.2) is 4.39 Å². The third-order valence-corrected chi connectivity index (χ3v) is 3.89. The highest BCUT2D eigenvalue weighted by atomic mass is 79.9. The monoisotopic (exact) mass is 326 g/mol. The molecule has 2 aromatic carbocycles. The Morgan fingerprint density at radius 3 is 2.78 bits per heavy atom. The molecule has 0 amide bonds. The van der Waals surface area contributed by atoms with Crippen LogP contribution in [0, 0.1) is 5.82 Å². The standard InChI is InChI=1S/C13H5BrClFO2/c14-8-5-11-7(4-9(8)15)12(17)6-2-1-3-10(16)13(6)18-11/h1-5H. The summed E-state index contributed by atoms with van der Waals surface area (Å²) in [5.41, 5.74) is -0.0294. The summed E-state index contributed by atoms with van der Waals surface area (Å²) < 4.78 is 19.6. The van der Waals surface area contributed by atoms with Crippen molar-refractivity contribution in [2.75, 3.05) is 0 Å². The minimum atomic E-state index is -0.558. The van der Waals surface area contributed by atoms with Crippen LogP contribution in [0.5, 0.6) is 0 Å². The molecule has 3 aromatic rings. The Hall–Kier alpha value is -1.39. The molecule has 0 radical (unpaired) electrons. The SMILES string of the molecule is O=c1c2cc(Cl)c(Br)cc2oc2c(F)cccc12. The second-order valence-corrected chi connectivity index (χ2v) is 5.07. The molecule has 0 saturated carbocycles. The van der Waals surface area contributed by atoms with Gasteiger partial charge in [0.25, 0.3) is 0 Å². The van der Waals surface area contributed by atoms with E-state index in [-0.39, 0.29) is 16.4 Å². The molecule has 0 aliphatic rings. The molecule has 1 aromatic heterocycles. The summed E-state index contributed by atoms with van der Waals surface area (Å²) >= 11 is 9.18. The fourth-order valence-electron chi connectivity index (χ4n) is 1.84. The molecule has 90 valence electrons. The minimum absolute atomic E-state index is 0.0378. The summed E-state index contributed by atoms with van der Waals surface area (Å²) in [6.45, 7) is 0. The largest absolute Gasteiger partial charge is 0.453 e. The van der Waals surface area contributed by atoms with E-state index in [4.69, 9.17) is 16.0 Å². The van der Waals surface area contributed by atoms with E-state index in [2.05, 4.69) is 15.9 Å². The van der Waals surface area contributed by atoms with Gasteiger partial charge in [0.2, 0.25) is 5.43 Å². The van der Waals surface area contributed by atoms with Crippen LogP contribution < -0.4 is 5.43 Å². The van der Waals surface area contributed by atoms with Gasteiger partial charge < -0.3 is 4.42 Å². The zero-order valence-electron chi connectivity index (χ0n) is 8.84. The fraction of sp³-hybridized carbons (Fsp3) is 0. The lowest BCUT2D eigenvalue weighted by Crippen LogP contribution is -2.03. The maximum atomic E-state index is 13.6. The predicted molar refractivity (Wildman–Crippen MR) is 72.7 cm³/mol. The van der Waals surface area contributed by atoms with Crippen LogP contribution >= 0.6 is 27.5 Å². The molecule has 0 aliphatic carbocycles. The number of para-hydroxylation sites is 1. The van der Waals surface area contributed by atoms with Crippen LogP contribution in [0.15, 0.2) is 44.0 Å². The van der Waals surface area contributed by atoms with Gasteiger partial charge in [-0.2, -0.15) is 0 Å². The molecule has 0 saturated heterocycles. The lowest BCUT2D eigenvalue weighted by atomic mass is 10.1. The van der Waals surface area contributed by atoms with Crippen molar-refractivity contribution < 1.29 is 8.81 Å². The highest BCUT2D eigenvalue weighted by molar-refractivity contribution is 9.10. The van der Waals surface area contributed by atoms with E-state index in [0.29, 0.717) is 20.5 Å². The fourth-order valence-corrected chi connectivity index (χ4v) is 2.32. The van der Waals surface area contributed by atoms with Crippen molar-refractivity contribution in [1.29, 1.82) is 0 Å². The van der Waals surface area contributed by atoms with Crippen LogP contribution in [-0.4, -0.2) is 0 Å². The second-order valence-electron chi connectivity index (χ2n) is 3.81. The Bertz CT molecular complexity index is 842. The van der Waals surface area contributed by atoms with Crippen LogP contribution in [0.2, 0.25) is 5.02 Å². The third kappa shape index (κ3) is 1.64. The number of rotatable bonds is 0. The lowest BCUT2D eigenvalue weighted by molar-refractivity contribution is 0.579. The number of benzene rings is 2. The summed E-state index contributed by atoms with van der Waals surface area (Å²) in [5, 5.41) is 0.952. The van der Waals surface area contributed by atoms with Gasteiger partial charge in [0, 0.05) is 4.47 Å². The van der Waals surface area contributed by atoms with Crippen molar-refractivity contribution in [3.8, 4) is 0 Å². The van der Waals surface area contributed by atoms with Gasteiger partial charge in [0.1, 0.15) is 5.58 Å². The van der Waals surface area contributed by atoms with Crippen LogP contribution in [-0.2, 0) is 0 Å². The molecule has 0 atom stereocenters. The molecule has 5 heteroatoms. The summed E-state index contributed by atoms with van der Waals surface area (Å²) in [4.78, 5) is 12.2. The van der Waals surface area contributed by atoms with Gasteiger partial charge >= 0.3 is 0 Å². The Kier molecular flexibility index (Phi) is 2.64. The van der Waals surface area contributed by atoms with Gasteiger partial charge in [-0.3, -0.25) is 4.79 Å². The van der Waals surface area contributed by atoms with Crippen LogP contribution in [0.4, 0.5) is 4.39 Å².